The first-order chi connectivity index (χ1) is 10.0. The maximum atomic E-state index is 12.1. The number of rotatable bonds is 7. The number of aliphatic hydroxyl groups is 1. The molecule has 7 heteroatoms. The van der Waals surface area contributed by atoms with Gasteiger partial charge in [-0.25, -0.2) is 0 Å². The van der Waals surface area contributed by atoms with Crippen molar-refractivity contribution >= 4 is 11.7 Å². The van der Waals surface area contributed by atoms with Crippen molar-refractivity contribution in [2.24, 2.45) is 10.9 Å². The second kappa shape index (κ2) is 8.11. The summed E-state index contributed by atoms with van der Waals surface area (Å²) < 4.78 is 5.45. The molecule has 7 nitrogen and oxygen atoms in total. The van der Waals surface area contributed by atoms with Crippen molar-refractivity contribution < 1.29 is 19.8 Å². The number of ether oxygens (including phenoxy) is 1. The Labute approximate surface area is 123 Å². The number of benzene rings is 1. The first-order valence-electron chi connectivity index (χ1n) is 6.61. The number of carbonyl (C=O) groups is 1. The van der Waals surface area contributed by atoms with E-state index in [1.165, 1.54) is 4.90 Å². The molecule has 0 saturated heterocycles. The lowest BCUT2D eigenvalue weighted by Crippen LogP contribution is -2.41. The molecule has 0 heterocycles. The van der Waals surface area contributed by atoms with Crippen LogP contribution in [0.1, 0.15) is 19.4 Å². The summed E-state index contributed by atoms with van der Waals surface area (Å²) in [5.41, 5.74) is 5.96. The smallest absolute Gasteiger partial charge is 0.260 e. The maximum Gasteiger partial charge on any atom is 0.260 e. The molecule has 0 radical (unpaired) electrons. The molecule has 0 spiro atoms. The van der Waals surface area contributed by atoms with Gasteiger partial charge in [-0.15, -0.1) is 0 Å². The van der Waals surface area contributed by atoms with E-state index in [0.717, 1.165) is 0 Å². The highest BCUT2D eigenvalue weighted by Crippen LogP contribution is 2.17. The molecule has 0 aliphatic heterocycles. The molecule has 21 heavy (non-hydrogen) atoms. The number of hydrogen-bond acceptors (Lipinski definition) is 5. The van der Waals surface area contributed by atoms with Crippen molar-refractivity contribution in [3.8, 4) is 5.75 Å². The largest absolute Gasteiger partial charge is 0.483 e. The topological polar surface area (TPSA) is 108 Å². The number of aliphatic hydroxyl groups excluding tert-OH is 1. The van der Waals surface area contributed by atoms with E-state index in [2.05, 4.69) is 5.16 Å². The van der Waals surface area contributed by atoms with Crippen LogP contribution in [0, 0.1) is 0 Å². The van der Waals surface area contributed by atoms with Crippen LogP contribution in [0.3, 0.4) is 0 Å². The molecule has 4 N–H and O–H groups in total. The van der Waals surface area contributed by atoms with Gasteiger partial charge in [-0.3, -0.25) is 4.79 Å². The van der Waals surface area contributed by atoms with Crippen LogP contribution in [-0.2, 0) is 4.79 Å². The normalized spacial score (nSPS) is 11.5. The first-order valence-corrected chi connectivity index (χ1v) is 6.61. The Balaban J connectivity index is 2.77. The molecule has 0 aromatic heterocycles. The number of hydrogen-bond donors (Lipinski definition) is 3. The van der Waals surface area contributed by atoms with E-state index in [0.29, 0.717) is 11.3 Å². The van der Waals surface area contributed by atoms with Crippen LogP contribution in [0.15, 0.2) is 29.4 Å². The predicted molar refractivity (Wildman–Crippen MR) is 78.4 cm³/mol. The quantitative estimate of drug-likeness (QED) is 0.292. The van der Waals surface area contributed by atoms with Gasteiger partial charge >= 0.3 is 0 Å². The van der Waals surface area contributed by atoms with Crippen LogP contribution in [-0.4, -0.2) is 52.8 Å². The molecule has 1 aromatic rings. The van der Waals surface area contributed by atoms with E-state index in [9.17, 15) is 4.79 Å². The Kier molecular flexibility index (Phi) is 6.48. The highest BCUT2D eigenvalue weighted by Gasteiger charge is 2.17. The molecule has 1 aromatic carbocycles. The van der Waals surface area contributed by atoms with Gasteiger partial charge in [0.1, 0.15) is 5.75 Å². The predicted octanol–water partition coefficient (Wildman–Crippen LogP) is 0.389. The third kappa shape index (κ3) is 4.64. The number of nitrogens with two attached hydrogens (primary N) is 1. The molecule has 0 unspecified atom stereocenters. The second-order valence-electron chi connectivity index (χ2n) is 4.67. The lowest BCUT2D eigenvalue weighted by molar-refractivity contribution is -0.135. The standard InChI is InChI=1S/C14H21N3O4/c1-10(2)17(7-8-18)13(19)9-21-12-6-4-3-5-11(12)14(15)16-20/h3-6,10,18,20H,7-9H2,1-2H3,(H2,15,16). The van der Waals surface area contributed by atoms with Crippen molar-refractivity contribution in [2.45, 2.75) is 19.9 Å². The Morgan fingerprint density at radius 2 is 2.10 bits per heavy atom. The zero-order valence-electron chi connectivity index (χ0n) is 12.2. The second-order valence-corrected chi connectivity index (χ2v) is 4.67. The van der Waals surface area contributed by atoms with Gasteiger partial charge in [-0.05, 0) is 26.0 Å². The molecule has 0 atom stereocenters. The van der Waals surface area contributed by atoms with Crippen LogP contribution < -0.4 is 10.5 Å². The number of carbonyl (C=O) groups excluding carboxylic acids is 1. The zero-order valence-corrected chi connectivity index (χ0v) is 12.2. The van der Waals surface area contributed by atoms with Crippen molar-refractivity contribution in [1.29, 1.82) is 0 Å². The zero-order chi connectivity index (χ0) is 15.8. The number of para-hydroxylation sites is 1. The number of oxime groups is 1. The van der Waals surface area contributed by atoms with Crippen molar-refractivity contribution in [2.75, 3.05) is 19.8 Å². The summed E-state index contributed by atoms with van der Waals surface area (Å²) in [5, 5.41) is 20.6. The Bertz CT molecular complexity index is 503. The van der Waals surface area contributed by atoms with Gasteiger partial charge in [0.2, 0.25) is 0 Å². The first kappa shape index (κ1) is 16.8. The van der Waals surface area contributed by atoms with Gasteiger partial charge < -0.3 is 25.7 Å². The Morgan fingerprint density at radius 1 is 1.43 bits per heavy atom. The van der Waals surface area contributed by atoms with Gasteiger partial charge in [-0.2, -0.15) is 0 Å². The van der Waals surface area contributed by atoms with Gasteiger partial charge in [0, 0.05) is 12.6 Å². The Morgan fingerprint density at radius 3 is 2.67 bits per heavy atom. The minimum absolute atomic E-state index is 0.0347. The van der Waals surface area contributed by atoms with Crippen LogP contribution in [0.4, 0.5) is 0 Å². The molecule has 1 rings (SSSR count). The molecule has 1 amide bonds. The van der Waals surface area contributed by atoms with Crippen LogP contribution in [0.25, 0.3) is 0 Å². The highest BCUT2D eigenvalue weighted by atomic mass is 16.5. The molecular formula is C14H21N3O4. The molecule has 0 saturated carbocycles. The van der Waals surface area contributed by atoms with E-state index in [1.807, 2.05) is 13.8 Å². The SMILES string of the molecule is CC(C)N(CCO)C(=O)COc1ccccc1C(N)=NO. The van der Waals surface area contributed by atoms with Gasteiger partial charge in [-0.1, -0.05) is 17.3 Å². The molecule has 0 bridgehead atoms. The lowest BCUT2D eigenvalue weighted by atomic mass is 10.2. The molecular weight excluding hydrogens is 274 g/mol. The van der Waals surface area contributed by atoms with Crippen LogP contribution in [0.5, 0.6) is 5.75 Å². The van der Waals surface area contributed by atoms with E-state index >= 15 is 0 Å². The third-order valence-electron chi connectivity index (χ3n) is 2.91. The molecule has 0 fully saturated rings. The number of amidine groups is 1. The lowest BCUT2D eigenvalue weighted by Gasteiger charge is -2.26. The number of nitrogens with zero attached hydrogens (tertiary/aromatic N) is 2. The van der Waals surface area contributed by atoms with E-state index in [4.69, 9.17) is 20.8 Å². The fourth-order valence-electron chi connectivity index (χ4n) is 1.86. The summed E-state index contributed by atoms with van der Waals surface area (Å²) >= 11 is 0. The average Bonchev–Trinajstić information content (AvgIpc) is 2.49. The summed E-state index contributed by atoms with van der Waals surface area (Å²) in [4.78, 5) is 13.6. The number of amides is 1. The average molecular weight is 295 g/mol. The maximum absolute atomic E-state index is 12.1. The fraction of sp³-hybridized carbons (Fsp3) is 0.429. The van der Waals surface area contributed by atoms with E-state index < -0.39 is 0 Å². The fourth-order valence-corrected chi connectivity index (χ4v) is 1.86. The summed E-state index contributed by atoms with van der Waals surface area (Å²) in [6.45, 7) is 3.68. The summed E-state index contributed by atoms with van der Waals surface area (Å²) in [5.74, 6) is 0.0244. The highest BCUT2D eigenvalue weighted by molar-refractivity contribution is 5.99. The summed E-state index contributed by atoms with van der Waals surface area (Å²) in [6.07, 6.45) is 0. The monoisotopic (exact) mass is 295 g/mol. The van der Waals surface area contributed by atoms with Crippen LogP contribution in [0.2, 0.25) is 0 Å². The molecule has 0 aliphatic carbocycles. The van der Waals surface area contributed by atoms with Gasteiger partial charge in [0.25, 0.3) is 5.91 Å². The molecule has 0 aliphatic rings. The van der Waals surface area contributed by atoms with E-state index in [1.54, 1.807) is 24.3 Å². The molecule has 116 valence electrons. The summed E-state index contributed by atoms with van der Waals surface area (Å²) in [7, 11) is 0. The van der Waals surface area contributed by atoms with Crippen LogP contribution >= 0.6 is 0 Å². The van der Waals surface area contributed by atoms with Crippen molar-refractivity contribution in [1.82, 2.24) is 4.90 Å². The van der Waals surface area contributed by atoms with Gasteiger partial charge in [0.15, 0.2) is 12.4 Å². The van der Waals surface area contributed by atoms with E-state index in [-0.39, 0.29) is 37.5 Å². The minimum atomic E-state index is -0.242. The van der Waals surface area contributed by atoms with Gasteiger partial charge in [0.05, 0.1) is 12.2 Å². The van der Waals surface area contributed by atoms with Crippen molar-refractivity contribution in [3.63, 3.8) is 0 Å². The summed E-state index contributed by atoms with van der Waals surface area (Å²) in [6, 6.07) is 6.67. The Hall–Kier alpha value is -2.28. The van der Waals surface area contributed by atoms with Crippen molar-refractivity contribution in [3.05, 3.63) is 29.8 Å². The minimum Gasteiger partial charge on any atom is -0.483 e. The third-order valence-corrected chi connectivity index (χ3v) is 2.91.